The van der Waals surface area contributed by atoms with Crippen molar-refractivity contribution >= 4 is 34.7 Å². The number of ether oxygens (including phenoxy) is 4. The van der Waals surface area contributed by atoms with Crippen LogP contribution in [0.3, 0.4) is 0 Å². The highest BCUT2D eigenvalue weighted by atomic mass is 127. The number of hydrogen-bond acceptors (Lipinski definition) is 6. The van der Waals surface area contributed by atoms with Gasteiger partial charge in [-0.05, 0) is 65.4 Å². The number of benzene rings is 2. The van der Waals surface area contributed by atoms with E-state index in [1.807, 2.05) is 13.0 Å². The molecule has 0 aliphatic heterocycles. The van der Waals surface area contributed by atoms with Crippen LogP contribution in [-0.2, 0) is 0 Å². The van der Waals surface area contributed by atoms with Crippen LogP contribution < -0.4 is 24.4 Å². The zero-order valence-electron chi connectivity index (χ0n) is 17.3. The summed E-state index contributed by atoms with van der Waals surface area (Å²) in [5, 5.41) is 4.03. The number of nitrogens with one attached hydrogen (secondary N) is 1. The zero-order chi connectivity index (χ0) is 22.6. The molecule has 31 heavy (non-hydrogen) atoms. The second kappa shape index (κ2) is 12.5. The minimum absolute atomic E-state index is 0.136. The molecule has 0 aliphatic carbocycles. The molecule has 7 nitrogen and oxygen atoms in total. The lowest BCUT2D eigenvalue weighted by atomic mass is 10.2. The molecule has 0 heterocycles. The first kappa shape index (κ1) is 24.1. The SMILES string of the molecule is C#CCOc1c(I)cc(/C=N/NC(=O)c2ccc(OCC=C)c(OCC)c2)cc1OC. The number of carbonyl (C=O) groups is 1. The van der Waals surface area contributed by atoms with Crippen LogP contribution in [0.25, 0.3) is 0 Å². The minimum atomic E-state index is -0.386. The highest BCUT2D eigenvalue weighted by molar-refractivity contribution is 14.1. The molecular weight excluding hydrogens is 511 g/mol. The normalized spacial score (nSPS) is 10.3. The Balaban J connectivity index is 2.13. The maximum absolute atomic E-state index is 12.5. The van der Waals surface area contributed by atoms with Gasteiger partial charge in [-0.25, -0.2) is 5.43 Å². The van der Waals surface area contributed by atoms with Crippen LogP contribution in [0.4, 0.5) is 0 Å². The summed E-state index contributed by atoms with van der Waals surface area (Å²) in [5.41, 5.74) is 3.61. The summed E-state index contributed by atoms with van der Waals surface area (Å²) in [4.78, 5) is 12.5. The molecule has 0 fully saturated rings. The highest BCUT2D eigenvalue weighted by Gasteiger charge is 2.12. The highest BCUT2D eigenvalue weighted by Crippen LogP contribution is 2.33. The Morgan fingerprint density at radius 2 is 2.03 bits per heavy atom. The van der Waals surface area contributed by atoms with Gasteiger partial charge in [0.05, 0.1) is 23.5 Å². The van der Waals surface area contributed by atoms with E-state index in [0.717, 1.165) is 9.13 Å². The molecule has 0 aliphatic rings. The average Bonchev–Trinajstić information content (AvgIpc) is 2.77. The van der Waals surface area contributed by atoms with Crippen LogP contribution in [0, 0.1) is 15.9 Å². The molecule has 1 amide bonds. The van der Waals surface area contributed by atoms with Crippen molar-refractivity contribution in [3.8, 4) is 35.3 Å². The molecule has 162 valence electrons. The number of nitrogens with zero attached hydrogens (tertiary/aromatic N) is 1. The van der Waals surface area contributed by atoms with Crippen molar-refractivity contribution in [2.45, 2.75) is 6.92 Å². The first-order valence-electron chi connectivity index (χ1n) is 9.31. The van der Waals surface area contributed by atoms with Gasteiger partial charge >= 0.3 is 0 Å². The van der Waals surface area contributed by atoms with Crippen LogP contribution in [0.2, 0.25) is 0 Å². The lowest BCUT2D eigenvalue weighted by Crippen LogP contribution is -2.17. The molecule has 1 N–H and O–H groups in total. The van der Waals surface area contributed by atoms with Gasteiger partial charge in [0.15, 0.2) is 23.0 Å². The van der Waals surface area contributed by atoms with E-state index in [-0.39, 0.29) is 12.5 Å². The van der Waals surface area contributed by atoms with E-state index in [9.17, 15) is 4.79 Å². The van der Waals surface area contributed by atoms with Gasteiger partial charge in [0.1, 0.15) is 13.2 Å². The third-order valence-corrected chi connectivity index (χ3v) is 4.60. The topological polar surface area (TPSA) is 78.4 Å². The number of hydrogen-bond donors (Lipinski definition) is 1. The first-order chi connectivity index (χ1) is 15.0. The largest absolute Gasteiger partial charge is 0.493 e. The molecule has 2 aromatic rings. The van der Waals surface area contributed by atoms with Crippen LogP contribution in [0.1, 0.15) is 22.8 Å². The van der Waals surface area contributed by atoms with Crippen molar-refractivity contribution in [1.82, 2.24) is 5.43 Å². The number of halogens is 1. The van der Waals surface area contributed by atoms with Crippen LogP contribution in [-0.4, -0.2) is 39.1 Å². The van der Waals surface area contributed by atoms with Crippen molar-refractivity contribution in [2.24, 2.45) is 5.10 Å². The Hall–Kier alpha value is -3.19. The number of terminal acetylenes is 1. The standard InChI is InChI=1S/C23H23IN2O5/c1-5-10-30-19-9-8-17(14-20(19)29-7-3)23(27)26-25-15-16-12-18(24)22(31-11-6-2)21(13-16)28-4/h2,5,8-9,12-15H,1,7,10-11H2,3-4H3,(H,26,27)/b25-15+. The summed E-state index contributed by atoms with van der Waals surface area (Å²) in [6.45, 7) is 6.39. The Labute approximate surface area is 195 Å². The van der Waals surface area contributed by atoms with E-state index in [1.165, 1.54) is 13.3 Å². The van der Waals surface area contributed by atoms with E-state index in [4.69, 9.17) is 25.4 Å². The molecule has 0 bridgehead atoms. The Morgan fingerprint density at radius 3 is 2.71 bits per heavy atom. The second-order valence-corrected chi connectivity index (χ2v) is 7.08. The van der Waals surface area contributed by atoms with Crippen molar-refractivity contribution in [2.75, 3.05) is 26.9 Å². The van der Waals surface area contributed by atoms with E-state index in [2.05, 4.69) is 45.6 Å². The monoisotopic (exact) mass is 534 g/mol. The minimum Gasteiger partial charge on any atom is -0.493 e. The van der Waals surface area contributed by atoms with Gasteiger partial charge in [-0.1, -0.05) is 18.6 Å². The van der Waals surface area contributed by atoms with Gasteiger partial charge in [0, 0.05) is 5.56 Å². The van der Waals surface area contributed by atoms with E-state index in [0.29, 0.717) is 41.8 Å². The number of hydrazone groups is 1. The molecule has 0 radical (unpaired) electrons. The van der Waals surface area contributed by atoms with Crippen molar-refractivity contribution in [3.05, 3.63) is 57.7 Å². The van der Waals surface area contributed by atoms with Gasteiger partial charge < -0.3 is 18.9 Å². The number of carbonyl (C=O) groups excluding carboxylic acids is 1. The molecule has 0 saturated carbocycles. The summed E-state index contributed by atoms with van der Waals surface area (Å²) in [6.07, 6.45) is 8.39. The molecule has 0 spiro atoms. The summed E-state index contributed by atoms with van der Waals surface area (Å²) in [6, 6.07) is 8.49. The fourth-order valence-corrected chi connectivity index (χ4v) is 3.26. The predicted octanol–water partition coefficient (Wildman–Crippen LogP) is 4.04. The van der Waals surface area contributed by atoms with Gasteiger partial charge in [-0.15, -0.1) is 6.42 Å². The summed E-state index contributed by atoms with van der Waals surface area (Å²) >= 11 is 2.12. The third-order valence-electron chi connectivity index (χ3n) is 3.79. The second-order valence-electron chi connectivity index (χ2n) is 5.92. The van der Waals surface area contributed by atoms with Crippen molar-refractivity contribution in [1.29, 1.82) is 0 Å². The van der Waals surface area contributed by atoms with Crippen LogP contribution in [0.5, 0.6) is 23.0 Å². The van der Waals surface area contributed by atoms with Gasteiger partial charge in [-0.2, -0.15) is 5.10 Å². The van der Waals surface area contributed by atoms with Crippen LogP contribution in [0.15, 0.2) is 48.1 Å². The van der Waals surface area contributed by atoms with Gasteiger partial charge in [0.25, 0.3) is 5.91 Å². The number of amides is 1. The van der Waals surface area contributed by atoms with Crippen molar-refractivity contribution < 1.29 is 23.7 Å². The fourth-order valence-electron chi connectivity index (χ4n) is 2.48. The maximum atomic E-state index is 12.5. The van der Waals surface area contributed by atoms with Gasteiger partial charge in [-0.3, -0.25) is 4.79 Å². The van der Waals surface area contributed by atoms with Crippen molar-refractivity contribution in [3.63, 3.8) is 0 Å². The maximum Gasteiger partial charge on any atom is 0.271 e. The number of methoxy groups -OCH3 is 1. The molecule has 2 rings (SSSR count). The first-order valence-corrected chi connectivity index (χ1v) is 10.4. The molecule has 8 heteroatoms. The zero-order valence-corrected chi connectivity index (χ0v) is 19.5. The van der Waals surface area contributed by atoms with Crippen LogP contribution >= 0.6 is 22.6 Å². The molecule has 0 aromatic heterocycles. The van der Waals surface area contributed by atoms with E-state index < -0.39 is 0 Å². The smallest absolute Gasteiger partial charge is 0.271 e. The summed E-state index contributed by atoms with van der Waals surface area (Å²) in [7, 11) is 1.54. The van der Waals surface area contributed by atoms with E-state index >= 15 is 0 Å². The number of rotatable bonds is 11. The fraction of sp³-hybridized carbons (Fsp3) is 0.217. The Kier molecular flexibility index (Phi) is 9.71. The molecular formula is C23H23IN2O5. The Morgan fingerprint density at radius 1 is 1.23 bits per heavy atom. The summed E-state index contributed by atoms with van der Waals surface area (Å²) < 4.78 is 22.8. The quantitative estimate of drug-likeness (QED) is 0.155. The molecule has 2 aromatic carbocycles. The average molecular weight is 534 g/mol. The van der Waals surface area contributed by atoms with Gasteiger partial charge in [0.2, 0.25) is 0 Å². The third kappa shape index (κ3) is 6.93. The molecule has 0 saturated heterocycles. The lowest BCUT2D eigenvalue weighted by molar-refractivity contribution is 0.0954. The lowest BCUT2D eigenvalue weighted by Gasteiger charge is -2.12. The summed E-state index contributed by atoms with van der Waals surface area (Å²) in [5.74, 6) is 4.13. The predicted molar refractivity (Wildman–Crippen MR) is 128 cm³/mol. The molecule has 0 atom stereocenters. The van der Waals surface area contributed by atoms with E-state index in [1.54, 1.807) is 30.3 Å². The molecule has 0 unspecified atom stereocenters. The Bertz CT molecular complexity index is 998.